The summed E-state index contributed by atoms with van der Waals surface area (Å²) in [6, 6.07) is 51.4. The average molecular weight is 505 g/mol. The SMILES string of the molecule is c1ccc(-c2ccc(N(c3ccc(-c4ccccc4)cc3)c3ccc4c(n3)sc3ccccc34)cc2)cc1. The van der Waals surface area contributed by atoms with Crippen molar-refractivity contribution < 1.29 is 0 Å². The van der Waals surface area contributed by atoms with Crippen molar-refractivity contribution in [3.05, 3.63) is 146 Å². The largest absolute Gasteiger partial charge is 0.295 e. The predicted octanol–water partition coefficient (Wildman–Crippen LogP) is 10.3. The number of thiophene rings is 1. The van der Waals surface area contributed by atoms with E-state index < -0.39 is 0 Å². The maximum atomic E-state index is 5.17. The van der Waals surface area contributed by atoms with Crippen LogP contribution in [0.25, 0.3) is 42.6 Å². The topological polar surface area (TPSA) is 16.1 Å². The lowest BCUT2D eigenvalue weighted by Crippen LogP contribution is -2.11. The second-order valence-electron chi connectivity index (χ2n) is 9.28. The van der Waals surface area contributed by atoms with Crippen molar-refractivity contribution in [2.24, 2.45) is 0 Å². The van der Waals surface area contributed by atoms with Crippen molar-refractivity contribution in [1.29, 1.82) is 0 Å². The Morgan fingerprint density at radius 1 is 0.421 bits per heavy atom. The van der Waals surface area contributed by atoms with Crippen LogP contribution in [-0.4, -0.2) is 4.98 Å². The first-order valence-corrected chi connectivity index (χ1v) is 13.5. The van der Waals surface area contributed by atoms with Gasteiger partial charge in [0.2, 0.25) is 0 Å². The highest BCUT2D eigenvalue weighted by atomic mass is 32.1. The second-order valence-corrected chi connectivity index (χ2v) is 10.3. The van der Waals surface area contributed by atoms with Crippen LogP contribution in [0, 0.1) is 0 Å². The Bertz CT molecular complexity index is 1760. The molecule has 0 aliphatic rings. The zero-order valence-corrected chi connectivity index (χ0v) is 21.5. The number of anilines is 3. The molecule has 0 saturated carbocycles. The summed E-state index contributed by atoms with van der Waals surface area (Å²) in [6.45, 7) is 0. The van der Waals surface area contributed by atoms with Crippen LogP contribution in [0.1, 0.15) is 0 Å². The summed E-state index contributed by atoms with van der Waals surface area (Å²) in [5.74, 6) is 0.906. The third-order valence-corrected chi connectivity index (χ3v) is 8.00. The highest BCUT2D eigenvalue weighted by Crippen LogP contribution is 2.39. The second kappa shape index (κ2) is 9.62. The molecule has 0 fully saturated rings. The van der Waals surface area contributed by atoms with Crippen LogP contribution >= 0.6 is 11.3 Å². The zero-order valence-electron chi connectivity index (χ0n) is 20.7. The number of rotatable bonds is 5. The summed E-state index contributed by atoms with van der Waals surface area (Å²) in [5, 5.41) is 2.46. The Hall–Kier alpha value is -4.73. The Kier molecular flexibility index (Phi) is 5.69. The van der Waals surface area contributed by atoms with E-state index in [1.807, 2.05) is 0 Å². The molecule has 7 aromatic rings. The molecule has 0 bridgehead atoms. The van der Waals surface area contributed by atoms with Gasteiger partial charge in [0.05, 0.1) is 0 Å². The first-order valence-electron chi connectivity index (χ1n) is 12.7. The first-order chi connectivity index (χ1) is 18.8. The van der Waals surface area contributed by atoms with E-state index in [4.69, 9.17) is 4.98 Å². The van der Waals surface area contributed by atoms with E-state index in [1.54, 1.807) is 11.3 Å². The van der Waals surface area contributed by atoms with Gasteiger partial charge < -0.3 is 0 Å². The van der Waals surface area contributed by atoms with Crippen molar-refractivity contribution in [3.8, 4) is 22.3 Å². The van der Waals surface area contributed by atoms with E-state index in [2.05, 4.69) is 150 Å². The summed E-state index contributed by atoms with van der Waals surface area (Å²) in [7, 11) is 0. The molecule has 0 aliphatic carbocycles. The molecule has 5 aromatic carbocycles. The zero-order chi connectivity index (χ0) is 25.3. The Morgan fingerprint density at radius 2 is 0.921 bits per heavy atom. The van der Waals surface area contributed by atoms with Crippen LogP contribution < -0.4 is 4.90 Å². The van der Waals surface area contributed by atoms with E-state index in [0.717, 1.165) is 22.0 Å². The van der Waals surface area contributed by atoms with E-state index >= 15 is 0 Å². The maximum Gasteiger partial charge on any atom is 0.139 e. The van der Waals surface area contributed by atoms with Gasteiger partial charge in [-0.1, -0.05) is 103 Å². The normalized spacial score (nSPS) is 11.2. The van der Waals surface area contributed by atoms with Crippen LogP contribution in [0.5, 0.6) is 0 Å². The fourth-order valence-corrected chi connectivity index (χ4v) is 6.07. The molecule has 0 spiro atoms. The van der Waals surface area contributed by atoms with Gasteiger partial charge >= 0.3 is 0 Å². The highest BCUT2D eigenvalue weighted by Gasteiger charge is 2.16. The molecule has 0 saturated heterocycles. The lowest BCUT2D eigenvalue weighted by molar-refractivity contribution is 1.21. The van der Waals surface area contributed by atoms with Gasteiger partial charge in [0.1, 0.15) is 10.6 Å². The van der Waals surface area contributed by atoms with Crippen LogP contribution in [-0.2, 0) is 0 Å². The first kappa shape index (κ1) is 22.5. The van der Waals surface area contributed by atoms with Gasteiger partial charge in [-0.3, -0.25) is 4.90 Å². The van der Waals surface area contributed by atoms with Crippen molar-refractivity contribution in [2.75, 3.05) is 4.90 Å². The van der Waals surface area contributed by atoms with Gasteiger partial charge in [-0.05, 0) is 64.7 Å². The molecular weight excluding hydrogens is 480 g/mol. The standard InChI is InChI=1S/C35H24N2S/c1-3-9-25(10-4-1)27-15-19-29(20-16-27)37(30-21-17-28(18-22-30)26-11-5-2-6-12-26)34-24-23-32-31-13-7-8-14-33(31)38-35(32)36-34/h1-24H. The van der Waals surface area contributed by atoms with Gasteiger partial charge in [0.25, 0.3) is 0 Å². The van der Waals surface area contributed by atoms with E-state index in [1.165, 1.54) is 37.7 Å². The van der Waals surface area contributed by atoms with Gasteiger partial charge in [-0.2, -0.15) is 0 Å². The molecule has 0 atom stereocenters. The molecule has 0 unspecified atom stereocenters. The Labute approximate surface area is 226 Å². The minimum atomic E-state index is 0.906. The van der Waals surface area contributed by atoms with Crippen LogP contribution in [0.3, 0.4) is 0 Å². The third-order valence-electron chi connectivity index (χ3n) is 6.92. The quantitative estimate of drug-likeness (QED) is 0.232. The molecule has 2 nitrogen and oxygen atoms in total. The van der Waals surface area contributed by atoms with Gasteiger partial charge in [0.15, 0.2) is 0 Å². The molecule has 0 amide bonds. The van der Waals surface area contributed by atoms with E-state index in [9.17, 15) is 0 Å². The number of hydrogen-bond donors (Lipinski definition) is 0. The van der Waals surface area contributed by atoms with Gasteiger partial charge in [-0.25, -0.2) is 4.98 Å². The monoisotopic (exact) mass is 504 g/mol. The lowest BCUT2D eigenvalue weighted by Gasteiger charge is -2.25. The van der Waals surface area contributed by atoms with E-state index in [0.29, 0.717) is 0 Å². The number of hydrogen-bond acceptors (Lipinski definition) is 3. The fraction of sp³-hybridized carbons (Fsp3) is 0. The van der Waals surface area contributed by atoms with Crippen molar-refractivity contribution in [3.63, 3.8) is 0 Å². The fourth-order valence-electron chi connectivity index (χ4n) is 5.00. The lowest BCUT2D eigenvalue weighted by atomic mass is 10.0. The smallest absolute Gasteiger partial charge is 0.139 e. The molecule has 0 N–H and O–H groups in total. The minimum absolute atomic E-state index is 0.906. The number of benzene rings is 5. The van der Waals surface area contributed by atoms with Gasteiger partial charge in [-0.15, -0.1) is 11.3 Å². The molecule has 180 valence electrons. The molecule has 38 heavy (non-hydrogen) atoms. The number of aromatic nitrogens is 1. The predicted molar refractivity (Wildman–Crippen MR) is 163 cm³/mol. The summed E-state index contributed by atoms with van der Waals surface area (Å²) in [5.41, 5.74) is 6.96. The van der Waals surface area contributed by atoms with Crippen molar-refractivity contribution in [2.45, 2.75) is 0 Å². The number of nitrogens with zero attached hydrogens (tertiary/aromatic N) is 2. The Balaban J connectivity index is 1.34. The summed E-state index contributed by atoms with van der Waals surface area (Å²) in [6.07, 6.45) is 0. The van der Waals surface area contributed by atoms with Crippen LogP contribution in [0.4, 0.5) is 17.2 Å². The van der Waals surface area contributed by atoms with Crippen LogP contribution in [0.15, 0.2) is 146 Å². The Morgan fingerprint density at radius 3 is 1.50 bits per heavy atom. The molecular formula is C35H24N2S. The van der Waals surface area contributed by atoms with E-state index in [-0.39, 0.29) is 0 Å². The highest BCUT2D eigenvalue weighted by molar-refractivity contribution is 7.25. The molecule has 0 aliphatic heterocycles. The number of pyridine rings is 1. The number of fused-ring (bicyclic) bond motifs is 3. The van der Waals surface area contributed by atoms with Crippen molar-refractivity contribution in [1.82, 2.24) is 4.98 Å². The maximum absolute atomic E-state index is 5.17. The molecule has 2 aromatic heterocycles. The average Bonchev–Trinajstić information content (AvgIpc) is 3.37. The molecule has 0 radical (unpaired) electrons. The van der Waals surface area contributed by atoms with Crippen molar-refractivity contribution >= 4 is 48.8 Å². The molecule has 3 heteroatoms. The minimum Gasteiger partial charge on any atom is -0.295 e. The summed E-state index contributed by atoms with van der Waals surface area (Å²) < 4.78 is 1.26. The van der Waals surface area contributed by atoms with Crippen LogP contribution in [0.2, 0.25) is 0 Å². The molecule has 2 heterocycles. The molecule has 7 rings (SSSR count). The third kappa shape index (κ3) is 4.13. The van der Waals surface area contributed by atoms with Gasteiger partial charge in [0, 0.05) is 26.8 Å². The summed E-state index contributed by atoms with van der Waals surface area (Å²) in [4.78, 5) is 8.47. The summed E-state index contributed by atoms with van der Waals surface area (Å²) >= 11 is 1.75.